The summed E-state index contributed by atoms with van der Waals surface area (Å²) in [6, 6.07) is 11.8. The number of aromatic nitrogens is 1. The third-order valence-corrected chi connectivity index (χ3v) is 4.51. The third-order valence-electron chi connectivity index (χ3n) is 4.51. The first-order valence-corrected chi connectivity index (χ1v) is 7.70. The second-order valence-corrected chi connectivity index (χ2v) is 6.08. The largest absolute Gasteiger partial charge is 0.384 e. The summed E-state index contributed by atoms with van der Waals surface area (Å²) in [5, 5.41) is 3.01. The fourth-order valence-electron chi connectivity index (χ4n) is 3.30. The van der Waals surface area contributed by atoms with Crippen LogP contribution in [0.2, 0.25) is 0 Å². The van der Waals surface area contributed by atoms with Crippen LogP contribution in [-0.2, 0) is 10.2 Å². The lowest BCUT2D eigenvalue weighted by molar-refractivity contribution is -0.121. The quantitative estimate of drug-likeness (QED) is 0.911. The van der Waals surface area contributed by atoms with E-state index in [1.165, 1.54) is 5.56 Å². The van der Waals surface area contributed by atoms with Crippen molar-refractivity contribution in [1.82, 2.24) is 4.98 Å². The molecule has 1 aliphatic carbocycles. The Labute approximate surface area is 130 Å². The van der Waals surface area contributed by atoms with Gasteiger partial charge in [-0.2, -0.15) is 0 Å². The van der Waals surface area contributed by atoms with Crippen molar-refractivity contribution in [1.29, 1.82) is 0 Å². The lowest BCUT2D eigenvalue weighted by Gasteiger charge is -2.28. The van der Waals surface area contributed by atoms with Crippen molar-refractivity contribution in [2.24, 2.45) is 0 Å². The average Bonchev–Trinajstić information content (AvgIpc) is 3.00. The van der Waals surface area contributed by atoms with E-state index < -0.39 is 5.41 Å². The highest BCUT2D eigenvalue weighted by Crippen LogP contribution is 2.42. The van der Waals surface area contributed by atoms with Gasteiger partial charge in [-0.15, -0.1) is 0 Å². The summed E-state index contributed by atoms with van der Waals surface area (Å²) in [6.07, 6.45) is 5.56. The molecule has 1 amide bonds. The molecule has 1 aromatic heterocycles. The molecule has 2 aromatic rings. The molecule has 0 bridgehead atoms. The molecule has 114 valence electrons. The van der Waals surface area contributed by atoms with Crippen LogP contribution in [0.5, 0.6) is 0 Å². The number of amides is 1. The molecule has 4 nitrogen and oxygen atoms in total. The van der Waals surface area contributed by atoms with Gasteiger partial charge in [-0.3, -0.25) is 4.79 Å². The summed E-state index contributed by atoms with van der Waals surface area (Å²) in [5.74, 6) is 0.509. The van der Waals surface area contributed by atoms with Gasteiger partial charge in [-0.1, -0.05) is 42.7 Å². The van der Waals surface area contributed by atoms with Gasteiger partial charge in [0.05, 0.1) is 17.3 Å². The highest BCUT2D eigenvalue weighted by Gasteiger charge is 2.42. The number of anilines is 2. The number of nitrogens with zero attached hydrogens (tertiary/aromatic N) is 1. The summed E-state index contributed by atoms with van der Waals surface area (Å²) >= 11 is 0. The highest BCUT2D eigenvalue weighted by atomic mass is 16.2. The van der Waals surface area contributed by atoms with Gasteiger partial charge in [0.2, 0.25) is 5.91 Å². The minimum absolute atomic E-state index is 0.0576. The molecule has 0 atom stereocenters. The Bertz CT molecular complexity index is 673. The number of benzene rings is 1. The van der Waals surface area contributed by atoms with Crippen LogP contribution in [0.15, 0.2) is 42.6 Å². The van der Waals surface area contributed by atoms with E-state index in [-0.39, 0.29) is 5.91 Å². The van der Waals surface area contributed by atoms with Gasteiger partial charge in [0.25, 0.3) is 0 Å². The van der Waals surface area contributed by atoms with Gasteiger partial charge < -0.3 is 11.1 Å². The maximum atomic E-state index is 13.0. The smallest absolute Gasteiger partial charge is 0.235 e. The van der Waals surface area contributed by atoms with Crippen LogP contribution in [0.4, 0.5) is 11.5 Å². The number of carbonyl (C=O) groups excluding carboxylic acids is 1. The molecule has 0 saturated heterocycles. The molecule has 1 aromatic carbocycles. The molecule has 0 aliphatic heterocycles. The Kier molecular flexibility index (Phi) is 3.84. The maximum absolute atomic E-state index is 13.0. The van der Waals surface area contributed by atoms with Crippen molar-refractivity contribution < 1.29 is 4.79 Å². The highest BCUT2D eigenvalue weighted by molar-refractivity contribution is 5.99. The van der Waals surface area contributed by atoms with Gasteiger partial charge in [-0.25, -0.2) is 4.98 Å². The molecule has 1 fully saturated rings. The van der Waals surface area contributed by atoms with Gasteiger partial charge >= 0.3 is 0 Å². The van der Waals surface area contributed by atoms with Gasteiger partial charge in [0.1, 0.15) is 5.82 Å². The normalized spacial score (nSPS) is 16.4. The van der Waals surface area contributed by atoms with E-state index in [0.29, 0.717) is 11.5 Å². The van der Waals surface area contributed by atoms with Crippen molar-refractivity contribution in [3.63, 3.8) is 0 Å². The minimum atomic E-state index is -0.423. The summed E-state index contributed by atoms with van der Waals surface area (Å²) in [7, 11) is 0. The van der Waals surface area contributed by atoms with Crippen molar-refractivity contribution in [2.45, 2.75) is 38.0 Å². The molecule has 22 heavy (non-hydrogen) atoms. The van der Waals surface area contributed by atoms with Gasteiger partial charge in [-0.05, 0) is 37.5 Å². The Morgan fingerprint density at radius 3 is 2.64 bits per heavy atom. The Balaban J connectivity index is 1.90. The summed E-state index contributed by atoms with van der Waals surface area (Å²) in [4.78, 5) is 17.0. The number of nitrogens with two attached hydrogens (primary N) is 1. The third kappa shape index (κ3) is 2.69. The van der Waals surface area contributed by atoms with Crippen molar-refractivity contribution in [3.8, 4) is 0 Å². The second kappa shape index (κ2) is 5.79. The number of hydrogen-bond acceptors (Lipinski definition) is 3. The second-order valence-electron chi connectivity index (χ2n) is 6.08. The van der Waals surface area contributed by atoms with Crippen molar-refractivity contribution >= 4 is 17.4 Å². The Morgan fingerprint density at radius 2 is 2.00 bits per heavy atom. The predicted molar refractivity (Wildman–Crippen MR) is 88.6 cm³/mol. The predicted octanol–water partition coefficient (Wildman–Crippen LogP) is 3.42. The van der Waals surface area contributed by atoms with Crippen LogP contribution in [0.25, 0.3) is 0 Å². The van der Waals surface area contributed by atoms with E-state index in [9.17, 15) is 4.79 Å². The lowest BCUT2D eigenvalue weighted by Crippen LogP contribution is -2.38. The van der Waals surface area contributed by atoms with Crippen molar-refractivity contribution in [3.05, 3.63) is 53.7 Å². The lowest BCUT2D eigenvalue weighted by atomic mass is 9.77. The molecular weight excluding hydrogens is 274 g/mol. The van der Waals surface area contributed by atoms with Crippen LogP contribution in [0.3, 0.4) is 0 Å². The van der Waals surface area contributed by atoms with E-state index in [2.05, 4.69) is 35.4 Å². The molecule has 1 heterocycles. The number of rotatable bonds is 3. The first kappa shape index (κ1) is 14.6. The zero-order valence-electron chi connectivity index (χ0n) is 12.8. The number of hydrogen-bond donors (Lipinski definition) is 2. The minimum Gasteiger partial charge on any atom is -0.384 e. The molecule has 3 N–H and O–H groups in total. The standard InChI is InChI=1S/C18H21N3O/c1-13-5-4-6-14(11-13)18(9-2-3-10-18)17(22)21-15-7-8-16(19)20-12-15/h4-8,11-12H,2-3,9-10H2,1H3,(H2,19,20)(H,21,22). The average molecular weight is 295 g/mol. The first-order chi connectivity index (χ1) is 10.6. The van der Waals surface area contributed by atoms with Gasteiger partial charge in [0.15, 0.2) is 0 Å². The SMILES string of the molecule is Cc1cccc(C2(C(=O)Nc3ccc(N)nc3)CCCC2)c1. The van der Waals surface area contributed by atoms with E-state index in [1.54, 1.807) is 18.3 Å². The van der Waals surface area contributed by atoms with E-state index >= 15 is 0 Å². The fourth-order valence-corrected chi connectivity index (χ4v) is 3.30. The zero-order chi connectivity index (χ0) is 15.6. The van der Waals surface area contributed by atoms with Crippen LogP contribution in [0.1, 0.15) is 36.8 Å². The molecule has 1 saturated carbocycles. The van der Waals surface area contributed by atoms with E-state index in [1.807, 2.05) is 6.07 Å². The number of pyridine rings is 1. The number of aryl methyl sites for hydroxylation is 1. The zero-order valence-corrected chi connectivity index (χ0v) is 12.8. The molecule has 0 spiro atoms. The van der Waals surface area contributed by atoms with E-state index in [0.717, 1.165) is 31.2 Å². The molecule has 3 rings (SSSR count). The van der Waals surface area contributed by atoms with Crippen LogP contribution < -0.4 is 11.1 Å². The Morgan fingerprint density at radius 1 is 1.23 bits per heavy atom. The molecule has 0 unspecified atom stereocenters. The topological polar surface area (TPSA) is 68.0 Å². The summed E-state index contributed by atoms with van der Waals surface area (Å²) < 4.78 is 0. The monoisotopic (exact) mass is 295 g/mol. The fraction of sp³-hybridized carbons (Fsp3) is 0.333. The van der Waals surface area contributed by atoms with E-state index in [4.69, 9.17) is 5.73 Å². The molecule has 0 radical (unpaired) electrons. The van der Waals surface area contributed by atoms with Gasteiger partial charge in [0, 0.05) is 0 Å². The molecule has 1 aliphatic rings. The van der Waals surface area contributed by atoms with Crippen LogP contribution in [0, 0.1) is 6.92 Å². The summed E-state index contributed by atoms with van der Waals surface area (Å²) in [6.45, 7) is 2.06. The van der Waals surface area contributed by atoms with Crippen molar-refractivity contribution in [2.75, 3.05) is 11.1 Å². The van der Waals surface area contributed by atoms with Crippen LogP contribution >= 0.6 is 0 Å². The molecule has 4 heteroatoms. The number of nitrogen functional groups attached to an aromatic ring is 1. The summed E-state index contributed by atoms with van der Waals surface area (Å²) in [5.41, 5.74) is 8.16. The Hall–Kier alpha value is -2.36. The number of carbonyl (C=O) groups is 1. The molecular formula is C18H21N3O. The number of nitrogens with one attached hydrogen (secondary N) is 1. The first-order valence-electron chi connectivity index (χ1n) is 7.70. The van der Waals surface area contributed by atoms with Crippen LogP contribution in [-0.4, -0.2) is 10.9 Å². The maximum Gasteiger partial charge on any atom is 0.235 e.